The standard InChI is InChI=1S/C29H53NO16/c1-4-5-6-7-8-9-10-41-28-24(39)23(38)25(40-3)17(45-28)13-42-29-26(22(37)20(35)16(12-32)44-29)46-27-18(30-14(2)33)21(36)19(34)15(11-31)43-27/h15-29,31-32,34-39H,4-13H2,1-3H3,(H,30,33)/t15-,16-,17-,18-,19-,20-,21-,22+,23-,24-,25-,26+,27+,28-,29+/m1/s1. The molecular formula is C29H53NO16. The molecule has 3 heterocycles. The molecule has 3 saturated heterocycles. The normalized spacial score (nSPS) is 41.8. The smallest absolute Gasteiger partial charge is 0.217 e. The van der Waals surface area contributed by atoms with Crippen molar-refractivity contribution >= 4 is 5.91 Å². The summed E-state index contributed by atoms with van der Waals surface area (Å²) in [7, 11) is 1.30. The van der Waals surface area contributed by atoms with Crippen LogP contribution in [-0.4, -0.2) is 172 Å². The molecule has 0 aromatic rings. The van der Waals surface area contributed by atoms with E-state index in [2.05, 4.69) is 12.2 Å². The number of hydrogen-bond donors (Lipinski definition) is 9. The van der Waals surface area contributed by atoms with E-state index in [4.69, 9.17) is 33.2 Å². The van der Waals surface area contributed by atoms with Crippen molar-refractivity contribution in [3.63, 3.8) is 0 Å². The van der Waals surface area contributed by atoms with Crippen LogP contribution in [0.1, 0.15) is 52.4 Å². The highest BCUT2D eigenvalue weighted by molar-refractivity contribution is 5.73. The van der Waals surface area contributed by atoms with Crippen LogP contribution in [0.4, 0.5) is 0 Å². The fourth-order valence-electron chi connectivity index (χ4n) is 5.82. The molecule has 17 nitrogen and oxygen atoms in total. The number of carbonyl (C=O) groups is 1. The molecule has 1 amide bonds. The second kappa shape index (κ2) is 19.2. The van der Waals surface area contributed by atoms with Crippen LogP contribution in [0.15, 0.2) is 0 Å². The summed E-state index contributed by atoms with van der Waals surface area (Å²) < 4.78 is 40.1. The zero-order valence-corrected chi connectivity index (χ0v) is 26.6. The molecule has 46 heavy (non-hydrogen) atoms. The van der Waals surface area contributed by atoms with Crippen molar-refractivity contribution in [2.75, 3.05) is 33.5 Å². The van der Waals surface area contributed by atoms with Crippen LogP contribution >= 0.6 is 0 Å². The number of rotatable bonds is 17. The molecule has 0 aliphatic carbocycles. The molecule has 3 aliphatic rings. The van der Waals surface area contributed by atoms with Gasteiger partial charge in [0.15, 0.2) is 18.9 Å². The van der Waals surface area contributed by atoms with Crippen LogP contribution < -0.4 is 5.32 Å². The van der Waals surface area contributed by atoms with E-state index in [1.54, 1.807) is 0 Å². The molecular weight excluding hydrogens is 618 g/mol. The van der Waals surface area contributed by atoms with Gasteiger partial charge in [-0.15, -0.1) is 0 Å². The maximum Gasteiger partial charge on any atom is 0.217 e. The predicted molar refractivity (Wildman–Crippen MR) is 155 cm³/mol. The van der Waals surface area contributed by atoms with Gasteiger partial charge in [0, 0.05) is 20.6 Å². The van der Waals surface area contributed by atoms with Gasteiger partial charge in [-0.25, -0.2) is 0 Å². The van der Waals surface area contributed by atoms with Crippen molar-refractivity contribution in [2.24, 2.45) is 0 Å². The van der Waals surface area contributed by atoms with Gasteiger partial charge in [-0.3, -0.25) is 4.79 Å². The van der Waals surface area contributed by atoms with Crippen LogP contribution in [0.25, 0.3) is 0 Å². The number of nitrogens with one attached hydrogen (secondary N) is 1. The Balaban J connectivity index is 1.73. The number of amides is 1. The average molecular weight is 672 g/mol. The van der Waals surface area contributed by atoms with Crippen molar-refractivity contribution in [2.45, 2.75) is 144 Å². The van der Waals surface area contributed by atoms with Crippen LogP contribution in [0.3, 0.4) is 0 Å². The van der Waals surface area contributed by atoms with Gasteiger partial charge >= 0.3 is 0 Å². The van der Waals surface area contributed by atoms with Crippen molar-refractivity contribution < 1.29 is 78.8 Å². The second-order valence-electron chi connectivity index (χ2n) is 11.9. The summed E-state index contributed by atoms with van der Waals surface area (Å²) in [5.74, 6) is -0.612. The number of carbonyl (C=O) groups excluding carboxylic acids is 1. The molecule has 0 bridgehead atoms. The lowest BCUT2D eigenvalue weighted by atomic mass is 9.95. The van der Waals surface area contributed by atoms with Crippen LogP contribution in [-0.2, 0) is 38.0 Å². The number of aliphatic hydroxyl groups is 8. The number of methoxy groups -OCH3 is 1. The lowest BCUT2D eigenvalue weighted by Gasteiger charge is -2.47. The van der Waals surface area contributed by atoms with Crippen LogP contribution in [0.5, 0.6) is 0 Å². The first kappa shape index (κ1) is 39.3. The molecule has 3 rings (SSSR count). The largest absolute Gasteiger partial charge is 0.394 e. The fraction of sp³-hybridized carbons (Fsp3) is 0.966. The van der Waals surface area contributed by atoms with Gasteiger partial charge in [0.1, 0.15) is 73.2 Å². The highest BCUT2D eigenvalue weighted by Crippen LogP contribution is 2.31. The Morgan fingerprint density at radius 1 is 0.674 bits per heavy atom. The minimum absolute atomic E-state index is 0.280. The Labute approximate surface area is 268 Å². The minimum atomic E-state index is -1.76. The van der Waals surface area contributed by atoms with Crippen LogP contribution in [0.2, 0.25) is 0 Å². The molecule has 0 radical (unpaired) electrons. The maximum atomic E-state index is 11.9. The molecule has 270 valence electrons. The molecule has 0 spiro atoms. The van der Waals surface area contributed by atoms with Crippen molar-refractivity contribution in [1.82, 2.24) is 5.32 Å². The Hall–Kier alpha value is -1.13. The molecule has 0 unspecified atom stereocenters. The predicted octanol–water partition coefficient (Wildman–Crippen LogP) is -3.39. The van der Waals surface area contributed by atoms with Crippen molar-refractivity contribution in [1.29, 1.82) is 0 Å². The molecule has 9 N–H and O–H groups in total. The Kier molecular flexibility index (Phi) is 16.4. The quantitative estimate of drug-likeness (QED) is 0.0683. The van der Waals surface area contributed by atoms with E-state index < -0.39 is 111 Å². The van der Waals surface area contributed by atoms with Crippen LogP contribution in [0, 0.1) is 0 Å². The zero-order chi connectivity index (χ0) is 34.0. The second-order valence-corrected chi connectivity index (χ2v) is 11.9. The van der Waals surface area contributed by atoms with E-state index in [9.17, 15) is 45.6 Å². The van der Waals surface area contributed by atoms with E-state index in [0.717, 1.165) is 45.4 Å². The average Bonchev–Trinajstić information content (AvgIpc) is 3.03. The number of unbranched alkanes of at least 4 members (excludes halogenated alkanes) is 5. The molecule has 3 fully saturated rings. The Bertz CT molecular complexity index is 888. The first-order valence-electron chi connectivity index (χ1n) is 15.9. The van der Waals surface area contributed by atoms with Gasteiger partial charge in [0.25, 0.3) is 0 Å². The Morgan fingerprint density at radius 2 is 1.24 bits per heavy atom. The maximum absolute atomic E-state index is 11.9. The minimum Gasteiger partial charge on any atom is -0.394 e. The van der Waals surface area contributed by atoms with Gasteiger partial charge in [-0.1, -0.05) is 39.0 Å². The highest BCUT2D eigenvalue weighted by atomic mass is 16.8. The molecule has 0 aromatic carbocycles. The molecule has 17 heteroatoms. The van der Waals surface area contributed by atoms with Gasteiger partial charge in [0.2, 0.25) is 5.91 Å². The van der Waals surface area contributed by atoms with E-state index in [1.807, 2.05) is 0 Å². The van der Waals surface area contributed by atoms with Gasteiger partial charge < -0.3 is 79.3 Å². The summed E-state index contributed by atoms with van der Waals surface area (Å²) in [4.78, 5) is 11.9. The molecule has 0 aromatic heterocycles. The summed E-state index contributed by atoms with van der Waals surface area (Å²) in [5, 5.41) is 85.8. The fourth-order valence-corrected chi connectivity index (χ4v) is 5.82. The Morgan fingerprint density at radius 3 is 1.85 bits per heavy atom. The summed E-state index contributed by atoms with van der Waals surface area (Å²) in [6.45, 7) is 1.75. The number of ether oxygens (including phenoxy) is 7. The molecule has 3 aliphatic heterocycles. The monoisotopic (exact) mass is 671 g/mol. The van der Waals surface area contributed by atoms with E-state index in [-0.39, 0.29) is 13.2 Å². The van der Waals surface area contributed by atoms with Crippen molar-refractivity contribution in [3.8, 4) is 0 Å². The summed E-state index contributed by atoms with van der Waals surface area (Å²) >= 11 is 0. The lowest BCUT2D eigenvalue weighted by molar-refractivity contribution is -0.363. The third-order valence-corrected chi connectivity index (χ3v) is 8.48. The third kappa shape index (κ3) is 9.96. The third-order valence-electron chi connectivity index (χ3n) is 8.48. The number of hydrogen-bond acceptors (Lipinski definition) is 16. The van der Waals surface area contributed by atoms with E-state index in [1.165, 1.54) is 7.11 Å². The molecule has 15 atom stereocenters. The lowest BCUT2D eigenvalue weighted by Crippen LogP contribution is -2.67. The van der Waals surface area contributed by atoms with Crippen molar-refractivity contribution in [3.05, 3.63) is 0 Å². The van der Waals surface area contributed by atoms with Gasteiger partial charge in [-0.05, 0) is 6.42 Å². The van der Waals surface area contributed by atoms with E-state index in [0.29, 0.717) is 0 Å². The highest BCUT2D eigenvalue weighted by Gasteiger charge is 2.52. The summed E-state index contributed by atoms with van der Waals surface area (Å²) in [5.41, 5.74) is 0. The zero-order valence-electron chi connectivity index (χ0n) is 26.6. The topological polar surface area (TPSA) is 256 Å². The van der Waals surface area contributed by atoms with Gasteiger partial charge in [-0.2, -0.15) is 0 Å². The van der Waals surface area contributed by atoms with Gasteiger partial charge in [0.05, 0.1) is 19.8 Å². The summed E-state index contributed by atoms with van der Waals surface area (Å²) in [6.07, 6.45) is -14.1. The summed E-state index contributed by atoms with van der Waals surface area (Å²) in [6, 6.07) is -1.38. The van der Waals surface area contributed by atoms with E-state index >= 15 is 0 Å². The first-order chi connectivity index (χ1) is 22.0. The number of aliphatic hydroxyl groups excluding tert-OH is 8. The molecule has 0 saturated carbocycles. The SMILES string of the molecule is CCCCCCCCO[C@@H]1O[C@H](CO[C@H]2O[C@H](CO)[C@@H](O)[C@H](O)[C@@H]2O[C@@H]2O[C@H](CO)[C@@H](O)[C@H](O)[C@H]2NC(C)=O)[C@@H](OC)[C@H](O)[C@H]1O. The first-order valence-corrected chi connectivity index (χ1v) is 15.9.